The van der Waals surface area contributed by atoms with Crippen LogP contribution in [0, 0.1) is 6.92 Å². The molecule has 6 nitrogen and oxygen atoms in total. The number of ether oxygens (including phenoxy) is 1. The summed E-state index contributed by atoms with van der Waals surface area (Å²) < 4.78 is 11.0. The van der Waals surface area contributed by atoms with Gasteiger partial charge in [0.05, 0.1) is 0 Å². The largest absolute Gasteiger partial charge is 0.457 e. The highest BCUT2D eigenvalue weighted by Gasteiger charge is 2.39. The predicted octanol–water partition coefficient (Wildman–Crippen LogP) is 4.76. The SMILES string of the molecule is Cc1nc(C2(NC(=O)c3ccc(Oc4ccccc4)cc3)CCCCC2)no1. The first-order chi connectivity index (χ1) is 13.6. The van der Waals surface area contributed by atoms with Gasteiger partial charge >= 0.3 is 0 Å². The molecule has 0 saturated heterocycles. The molecule has 144 valence electrons. The van der Waals surface area contributed by atoms with Gasteiger partial charge < -0.3 is 14.6 Å². The summed E-state index contributed by atoms with van der Waals surface area (Å²) >= 11 is 0. The summed E-state index contributed by atoms with van der Waals surface area (Å²) in [5, 5.41) is 7.28. The van der Waals surface area contributed by atoms with Crippen molar-refractivity contribution in [3.63, 3.8) is 0 Å². The summed E-state index contributed by atoms with van der Waals surface area (Å²) in [4.78, 5) is 17.3. The van der Waals surface area contributed by atoms with E-state index in [0.717, 1.165) is 37.9 Å². The van der Waals surface area contributed by atoms with Crippen LogP contribution in [-0.2, 0) is 5.54 Å². The molecule has 3 aromatic rings. The molecule has 1 heterocycles. The molecule has 1 aliphatic rings. The molecule has 0 spiro atoms. The highest BCUT2D eigenvalue weighted by atomic mass is 16.5. The molecule has 1 fully saturated rings. The van der Waals surface area contributed by atoms with Crippen molar-refractivity contribution in [2.24, 2.45) is 0 Å². The zero-order chi connectivity index (χ0) is 19.4. The van der Waals surface area contributed by atoms with E-state index in [4.69, 9.17) is 9.26 Å². The van der Waals surface area contributed by atoms with E-state index in [2.05, 4.69) is 15.5 Å². The smallest absolute Gasteiger partial charge is 0.252 e. The van der Waals surface area contributed by atoms with Crippen LogP contribution < -0.4 is 10.1 Å². The quantitative estimate of drug-likeness (QED) is 0.694. The topological polar surface area (TPSA) is 77.2 Å². The normalized spacial score (nSPS) is 15.8. The van der Waals surface area contributed by atoms with Gasteiger partial charge in [0.15, 0.2) is 5.82 Å². The van der Waals surface area contributed by atoms with Gasteiger partial charge in [0.25, 0.3) is 5.91 Å². The number of rotatable bonds is 5. The van der Waals surface area contributed by atoms with Crippen molar-refractivity contribution in [2.75, 3.05) is 0 Å². The molecule has 28 heavy (non-hydrogen) atoms. The van der Waals surface area contributed by atoms with E-state index in [-0.39, 0.29) is 5.91 Å². The van der Waals surface area contributed by atoms with Crippen LogP contribution in [0.25, 0.3) is 0 Å². The van der Waals surface area contributed by atoms with Gasteiger partial charge in [-0.3, -0.25) is 4.79 Å². The van der Waals surface area contributed by atoms with E-state index in [1.165, 1.54) is 0 Å². The third-order valence-corrected chi connectivity index (χ3v) is 5.11. The van der Waals surface area contributed by atoms with Gasteiger partial charge in [0.1, 0.15) is 17.0 Å². The maximum Gasteiger partial charge on any atom is 0.252 e. The molecule has 0 aliphatic heterocycles. The molecule has 1 saturated carbocycles. The maximum absolute atomic E-state index is 12.9. The Balaban J connectivity index is 1.50. The lowest BCUT2D eigenvalue weighted by Gasteiger charge is -2.35. The van der Waals surface area contributed by atoms with Gasteiger partial charge in [-0.2, -0.15) is 4.98 Å². The molecule has 0 unspecified atom stereocenters. The van der Waals surface area contributed by atoms with E-state index in [0.29, 0.717) is 23.0 Å². The third-order valence-electron chi connectivity index (χ3n) is 5.11. The van der Waals surface area contributed by atoms with E-state index in [1.54, 1.807) is 31.2 Å². The minimum atomic E-state index is -0.563. The third kappa shape index (κ3) is 3.91. The second kappa shape index (κ2) is 7.84. The monoisotopic (exact) mass is 377 g/mol. The average Bonchev–Trinajstić information content (AvgIpc) is 3.17. The Bertz CT molecular complexity index is 929. The Morgan fingerprint density at radius 3 is 2.32 bits per heavy atom. The number of nitrogens with one attached hydrogen (secondary N) is 1. The van der Waals surface area contributed by atoms with Crippen molar-refractivity contribution >= 4 is 5.91 Å². The van der Waals surface area contributed by atoms with Gasteiger partial charge in [-0.1, -0.05) is 42.6 Å². The molecule has 1 aromatic heterocycles. The molecule has 0 atom stereocenters. The van der Waals surface area contributed by atoms with Crippen LogP contribution in [0.5, 0.6) is 11.5 Å². The Hall–Kier alpha value is -3.15. The van der Waals surface area contributed by atoms with Gasteiger partial charge in [-0.25, -0.2) is 0 Å². The maximum atomic E-state index is 12.9. The summed E-state index contributed by atoms with van der Waals surface area (Å²) in [6.45, 7) is 1.76. The highest BCUT2D eigenvalue weighted by molar-refractivity contribution is 5.94. The molecule has 4 rings (SSSR count). The zero-order valence-electron chi connectivity index (χ0n) is 15.9. The molecule has 1 amide bonds. The first-order valence-electron chi connectivity index (χ1n) is 9.61. The van der Waals surface area contributed by atoms with Crippen LogP contribution >= 0.6 is 0 Å². The lowest BCUT2D eigenvalue weighted by Crippen LogP contribution is -2.48. The van der Waals surface area contributed by atoms with Crippen LogP contribution in [0.1, 0.15) is 54.2 Å². The summed E-state index contributed by atoms with van der Waals surface area (Å²) in [6, 6.07) is 16.7. The standard InChI is InChI=1S/C22H23N3O3/c1-16-23-21(25-28-16)22(14-6-3-7-15-22)24-20(26)17-10-12-19(13-11-17)27-18-8-4-2-5-9-18/h2,4-5,8-13H,3,6-7,14-15H2,1H3,(H,24,26). The molecular formula is C22H23N3O3. The molecule has 0 bridgehead atoms. The average molecular weight is 377 g/mol. The zero-order valence-corrected chi connectivity index (χ0v) is 15.9. The van der Waals surface area contributed by atoms with Crippen molar-refractivity contribution in [1.29, 1.82) is 0 Å². The molecule has 1 N–H and O–H groups in total. The number of carbonyl (C=O) groups is 1. The number of nitrogens with zero attached hydrogens (tertiary/aromatic N) is 2. The van der Waals surface area contributed by atoms with Crippen molar-refractivity contribution in [3.8, 4) is 11.5 Å². The number of carbonyl (C=O) groups excluding carboxylic acids is 1. The number of para-hydroxylation sites is 1. The summed E-state index contributed by atoms with van der Waals surface area (Å²) in [6.07, 6.45) is 4.83. The number of aryl methyl sites for hydroxylation is 1. The van der Waals surface area contributed by atoms with E-state index < -0.39 is 5.54 Å². The van der Waals surface area contributed by atoms with Crippen LogP contribution in [-0.4, -0.2) is 16.0 Å². The fourth-order valence-electron chi connectivity index (χ4n) is 3.64. The Morgan fingerprint density at radius 1 is 1.00 bits per heavy atom. The molecule has 1 aliphatic carbocycles. The first kappa shape index (κ1) is 18.2. The van der Waals surface area contributed by atoms with E-state index >= 15 is 0 Å². The van der Waals surface area contributed by atoms with Crippen molar-refractivity contribution < 1.29 is 14.1 Å². The van der Waals surface area contributed by atoms with Gasteiger partial charge in [-0.05, 0) is 49.2 Å². The van der Waals surface area contributed by atoms with E-state index in [1.807, 2.05) is 30.3 Å². The van der Waals surface area contributed by atoms with Crippen LogP contribution in [0.3, 0.4) is 0 Å². The molecule has 6 heteroatoms. The Morgan fingerprint density at radius 2 is 1.68 bits per heavy atom. The first-order valence-corrected chi connectivity index (χ1v) is 9.61. The summed E-state index contributed by atoms with van der Waals surface area (Å²) in [5.41, 5.74) is 0.0114. The van der Waals surface area contributed by atoms with Crippen molar-refractivity contribution in [3.05, 3.63) is 71.9 Å². The fraction of sp³-hybridized carbons (Fsp3) is 0.318. The van der Waals surface area contributed by atoms with Crippen LogP contribution in [0.4, 0.5) is 0 Å². The highest BCUT2D eigenvalue weighted by Crippen LogP contribution is 2.36. The van der Waals surface area contributed by atoms with Crippen LogP contribution in [0.15, 0.2) is 59.1 Å². The van der Waals surface area contributed by atoms with Crippen LogP contribution in [0.2, 0.25) is 0 Å². The predicted molar refractivity (Wildman–Crippen MR) is 104 cm³/mol. The number of amides is 1. The second-order valence-corrected chi connectivity index (χ2v) is 7.17. The molecule has 0 radical (unpaired) electrons. The lowest BCUT2D eigenvalue weighted by atomic mass is 9.80. The van der Waals surface area contributed by atoms with Crippen molar-refractivity contribution in [2.45, 2.75) is 44.6 Å². The summed E-state index contributed by atoms with van der Waals surface area (Å²) in [5.74, 6) is 2.38. The van der Waals surface area contributed by atoms with E-state index in [9.17, 15) is 4.79 Å². The minimum absolute atomic E-state index is 0.143. The lowest BCUT2D eigenvalue weighted by molar-refractivity contribution is 0.0855. The van der Waals surface area contributed by atoms with Crippen molar-refractivity contribution in [1.82, 2.24) is 15.5 Å². The Labute approximate surface area is 163 Å². The number of hydrogen-bond acceptors (Lipinski definition) is 5. The van der Waals surface area contributed by atoms with Gasteiger partial charge in [0, 0.05) is 12.5 Å². The fourth-order valence-corrected chi connectivity index (χ4v) is 3.64. The van der Waals surface area contributed by atoms with Gasteiger partial charge in [0.2, 0.25) is 5.89 Å². The second-order valence-electron chi connectivity index (χ2n) is 7.17. The number of benzene rings is 2. The van der Waals surface area contributed by atoms with Gasteiger partial charge in [-0.15, -0.1) is 0 Å². The molecular weight excluding hydrogens is 354 g/mol. The number of aromatic nitrogens is 2. The molecule has 2 aromatic carbocycles. The summed E-state index contributed by atoms with van der Waals surface area (Å²) in [7, 11) is 0. The number of hydrogen-bond donors (Lipinski definition) is 1. The minimum Gasteiger partial charge on any atom is -0.457 e. The Kier molecular flexibility index (Phi) is 5.10.